The van der Waals surface area contributed by atoms with Gasteiger partial charge in [0.25, 0.3) is 0 Å². The molecular formula is C20H27FN2O2. The van der Waals surface area contributed by atoms with Gasteiger partial charge >= 0.3 is 0 Å². The summed E-state index contributed by atoms with van der Waals surface area (Å²) < 4.78 is 13.1. The Hall–Kier alpha value is -1.91. The highest BCUT2D eigenvalue weighted by Crippen LogP contribution is 2.47. The first-order valence-corrected chi connectivity index (χ1v) is 9.32. The minimum atomic E-state index is -0.253. The Morgan fingerprint density at radius 1 is 1.28 bits per heavy atom. The summed E-state index contributed by atoms with van der Waals surface area (Å²) in [5, 5.41) is 3.04. The standard InChI is InChI=1S/C20H27FN2O2/c1-3-17(4-2)23-12-14(11-18(23)24)19(25)22-13-20(9-10-20)15-5-7-16(21)8-6-15/h5-8,14,17H,3-4,9-13H2,1-2H3,(H,22,25). The summed E-state index contributed by atoms with van der Waals surface area (Å²) in [6.07, 6.45) is 4.16. The Balaban J connectivity index is 1.56. The zero-order valence-electron chi connectivity index (χ0n) is 15.1. The molecule has 1 aromatic carbocycles. The number of halogens is 1. The lowest BCUT2D eigenvalue weighted by Crippen LogP contribution is -2.39. The van der Waals surface area contributed by atoms with E-state index in [1.807, 2.05) is 17.0 Å². The van der Waals surface area contributed by atoms with Gasteiger partial charge in [-0.3, -0.25) is 9.59 Å². The molecule has 2 aliphatic rings. The number of carbonyl (C=O) groups is 2. The second-order valence-corrected chi connectivity index (χ2v) is 7.42. The Morgan fingerprint density at radius 2 is 1.92 bits per heavy atom. The van der Waals surface area contributed by atoms with Crippen molar-refractivity contribution in [2.24, 2.45) is 5.92 Å². The monoisotopic (exact) mass is 346 g/mol. The van der Waals surface area contributed by atoms with E-state index in [0.717, 1.165) is 31.2 Å². The van der Waals surface area contributed by atoms with Crippen LogP contribution in [0.15, 0.2) is 24.3 Å². The van der Waals surface area contributed by atoms with Crippen LogP contribution in [0.1, 0.15) is 51.5 Å². The van der Waals surface area contributed by atoms with Gasteiger partial charge in [0.15, 0.2) is 0 Å². The SMILES string of the molecule is CCC(CC)N1CC(C(=O)NCC2(c3ccc(F)cc3)CC2)CC1=O. The van der Waals surface area contributed by atoms with Crippen LogP contribution in [0.5, 0.6) is 0 Å². The second-order valence-electron chi connectivity index (χ2n) is 7.42. The molecule has 1 aliphatic carbocycles. The number of hydrogen-bond acceptors (Lipinski definition) is 2. The van der Waals surface area contributed by atoms with Gasteiger partial charge in [0.1, 0.15) is 5.82 Å². The number of nitrogens with zero attached hydrogens (tertiary/aromatic N) is 1. The van der Waals surface area contributed by atoms with E-state index in [4.69, 9.17) is 0 Å². The minimum Gasteiger partial charge on any atom is -0.355 e. The van der Waals surface area contributed by atoms with Gasteiger partial charge in [-0.1, -0.05) is 26.0 Å². The normalized spacial score (nSPS) is 21.7. The predicted octanol–water partition coefficient (Wildman–Crippen LogP) is 3.01. The maximum atomic E-state index is 13.1. The Kier molecular flexibility index (Phi) is 5.11. The molecule has 0 spiro atoms. The molecule has 25 heavy (non-hydrogen) atoms. The number of rotatable bonds is 7. The van der Waals surface area contributed by atoms with Crippen molar-refractivity contribution in [3.63, 3.8) is 0 Å². The van der Waals surface area contributed by atoms with Crippen molar-refractivity contribution < 1.29 is 14.0 Å². The third kappa shape index (κ3) is 3.70. The van der Waals surface area contributed by atoms with Crippen molar-refractivity contribution in [2.45, 2.75) is 57.4 Å². The van der Waals surface area contributed by atoms with Gasteiger partial charge in [-0.05, 0) is 43.4 Å². The summed E-state index contributed by atoms with van der Waals surface area (Å²) in [5.74, 6) is -0.435. The molecule has 1 unspecified atom stereocenters. The van der Waals surface area contributed by atoms with Crippen LogP contribution in [-0.2, 0) is 15.0 Å². The lowest BCUT2D eigenvalue weighted by atomic mass is 9.95. The third-order valence-corrected chi connectivity index (χ3v) is 5.82. The molecule has 2 amide bonds. The highest BCUT2D eigenvalue weighted by Gasteiger charge is 2.45. The van der Waals surface area contributed by atoms with E-state index in [9.17, 15) is 14.0 Å². The van der Waals surface area contributed by atoms with Crippen LogP contribution in [0.3, 0.4) is 0 Å². The summed E-state index contributed by atoms with van der Waals surface area (Å²) in [4.78, 5) is 26.6. The first-order valence-electron chi connectivity index (χ1n) is 9.32. The largest absolute Gasteiger partial charge is 0.355 e. The van der Waals surface area contributed by atoms with E-state index in [1.54, 1.807) is 0 Å². The molecule has 4 nitrogen and oxygen atoms in total. The molecule has 1 saturated carbocycles. The molecule has 1 atom stereocenters. The number of nitrogens with one attached hydrogen (secondary N) is 1. The number of likely N-dealkylation sites (tertiary alicyclic amines) is 1. The van der Waals surface area contributed by atoms with Crippen LogP contribution in [0, 0.1) is 11.7 Å². The van der Waals surface area contributed by atoms with Crippen LogP contribution in [0.4, 0.5) is 4.39 Å². The molecule has 0 bridgehead atoms. The van der Waals surface area contributed by atoms with Crippen molar-refractivity contribution in [3.05, 3.63) is 35.6 Å². The van der Waals surface area contributed by atoms with E-state index >= 15 is 0 Å². The van der Waals surface area contributed by atoms with Gasteiger partial charge < -0.3 is 10.2 Å². The highest BCUT2D eigenvalue weighted by molar-refractivity contribution is 5.89. The van der Waals surface area contributed by atoms with Crippen molar-refractivity contribution >= 4 is 11.8 Å². The number of benzene rings is 1. The summed E-state index contributed by atoms with van der Waals surface area (Å²) in [6.45, 7) is 5.25. The van der Waals surface area contributed by atoms with E-state index in [-0.39, 0.29) is 35.0 Å². The fraction of sp³-hybridized carbons (Fsp3) is 0.600. The molecule has 2 fully saturated rings. The van der Waals surface area contributed by atoms with E-state index in [1.165, 1.54) is 12.1 Å². The van der Waals surface area contributed by atoms with Gasteiger partial charge in [-0.25, -0.2) is 4.39 Å². The number of amides is 2. The highest BCUT2D eigenvalue weighted by atomic mass is 19.1. The minimum absolute atomic E-state index is 0.0322. The van der Waals surface area contributed by atoms with Gasteiger partial charge in [0.05, 0.1) is 5.92 Å². The summed E-state index contributed by atoms with van der Waals surface area (Å²) in [6, 6.07) is 6.80. The summed E-state index contributed by atoms with van der Waals surface area (Å²) in [5.41, 5.74) is 1.02. The molecule has 3 rings (SSSR count). The van der Waals surface area contributed by atoms with Crippen LogP contribution < -0.4 is 5.32 Å². The van der Waals surface area contributed by atoms with Crippen molar-refractivity contribution in [3.8, 4) is 0 Å². The number of carbonyl (C=O) groups excluding carboxylic acids is 2. The Bertz CT molecular complexity index is 636. The smallest absolute Gasteiger partial charge is 0.225 e. The molecule has 5 heteroatoms. The molecular weight excluding hydrogens is 319 g/mol. The lowest BCUT2D eigenvalue weighted by molar-refractivity contribution is -0.130. The van der Waals surface area contributed by atoms with Gasteiger partial charge in [-0.2, -0.15) is 0 Å². The van der Waals surface area contributed by atoms with Crippen LogP contribution in [-0.4, -0.2) is 35.8 Å². The summed E-state index contributed by atoms with van der Waals surface area (Å²) >= 11 is 0. The zero-order chi connectivity index (χ0) is 18.0. The molecule has 136 valence electrons. The predicted molar refractivity (Wildman–Crippen MR) is 94.5 cm³/mol. The Labute approximate surface area is 148 Å². The van der Waals surface area contributed by atoms with Crippen LogP contribution >= 0.6 is 0 Å². The topological polar surface area (TPSA) is 49.4 Å². The molecule has 1 aliphatic heterocycles. The first kappa shape index (κ1) is 17.9. The van der Waals surface area contributed by atoms with E-state index in [2.05, 4.69) is 19.2 Å². The fourth-order valence-electron chi connectivity index (χ4n) is 3.91. The maximum Gasteiger partial charge on any atom is 0.225 e. The van der Waals surface area contributed by atoms with Crippen LogP contribution in [0.25, 0.3) is 0 Å². The van der Waals surface area contributed by atoms with Gasteiger partial charge in [-0.15, -0.1) is 0 Å². The third-order valence-electron chi connectivity index (χ3n) is 5.82. The second kappa shape index (κ2) is 7.14. The molecule has 1 heterocycles. The van der Waals surface area contributed by atoms with Crippen molar-refractivity contribution in [2.75, 3.05) is 13.1 Å². The van der Waals surface area contributed by atoms with Gasteiger partial charge in [0, 0.05) is 31.0 Å². The zero-order valence-corrected chi connectivity index (χ0v) is 15.1. The average Bonchev–Trinajstić information content (AvgIpc) is 3.31. The quantitative estimate of drug-likeness (QED) is 0.825. The van der Waals surface area contributed by atoms with Crippen LogP contribution in [0.2, 0.25) is 0 Å². The molecule has 1 N–H and O–H groups in total. The number of hydrogen-bond donors (Lipinski definition) is 1. The lowest BCUT2D eigenvalue weighted by Gasteiger charge is -2.26. The van der Waals surface area contributed by atoms with Crippen molar-refractivity contribution in [1.82, 2.24) is 10.2 Å². The molecule has 1 aromatic rings. The summed E-state index contributed by atoms with van der Waals surface area (Å²) in [7, 11) is 0. The van der Waals surface area contributed by atoms with Gasteiger partial charge in [0.2, 0.25) is 11.8 Å². The van der Waals surface area contributed by atoms with E-state index in [0.29, 0.717) is 19.5 Å². The first-order chi connectivity index (χ1) is 12.0. The average molecular weight is 346 g/mol. The fourth-order valence-corrected chi connectivity index (χ4v) is 3.91. The molecule has 0 aromatic heterocycles. The van der Waals surface area contributed by atoms with E-state index < -0.39 is 0 Å². The van der Waals surface area contributed by atoms with Crippen molar-refractivity contribution in [1.29, 1.82) is 0 Å². The maximum absolute atomic E-state index is 13.1. The molecule has 1 saturated heterocycles. The molecule has 0 radical (unpaired) electrons. The Morgan fingerprint density at radius 3 is 2.48 bits per heavy atom.